The van der Waals surface area contributed by atoms with Crippen LogP contribution in [-0.2, 0) is 9.59 Å². The van der Waals surface area contributed by atoms with Crippen molar-refractivity contribution in [2.45, 2.75) is 105 Å². The van der Waals surface area contributed by atoms with Crippen molar-refractivity contribution in [2.24, 2.45) is 17.8 Å². The van der Waals surface area contributed by atoms with Crippen LogP contribution in [-0.4, -0.2) is 22.2 Å². The van der Waals surface area contributed by atoms with Crippen LogP contribution in [0.3, 0.4) is 0 Å². The molecule has 27 heavy (non-hydrogen) atoms. The molecular formula is C23H42O4. The molecule has 0 aromatic heterocycles. The van der Waals surface area contributed by atoms with Gasteiger partial charge in [-0.25, -0.2) is 4.79 Å². The van der Waals surface area contributed by atoms with Crippen molar-refractivity contribution in [1.82, 2.24) is 0 Å². The van der Waals surface area contributed by atoms with Crippen molar-refractivity contribution in [3.63, 3.8) is 0 Å². The summed E-state index contributed by atoms with van der Waals surface area (Å²) >= 11 is 0. The molecule has 0 aliphatic heterocycles. The van der Waals surface area contributed by atoms with E-state index in [1.807, 2.05) is 0 Å². The Morgan fingerprint density at radius 1 is 0.778 bits per heavy atom. The van der Waals surface area contributed by atoms with Gasteiger partial charge in [0.05, 0.1) is 5.92 Å². The summed E-state index contributed by atoms with van der Waals surface area (Å²) in [5.41, 5.74) is 1.78. The minimum atomic E-state index is -0.748. The van der Waals surface area contributed by atoms with Gasteiger partial charge in [-0.2, -0.15) is 0 Å². The number of carboxylic acids is 2. The highest BCUT2D eigenvalue weighted by Crippen LogP contribution is 2.30. The molecule has 2 N–H and O–H groups in total. The van der Waals surface area contributed by atoms with Crippen LogP contribution in [0.15, 0.2) is 11.1 Å². The molecule has 0 aliphatic rings. The van der Waals surface area contributed by atoms with E-state index in [2.05, 4.69) is 27.7 Å². The first-order valence-electron chi connectivity index (χ1n) is 11.0. The molecule has 1 atom stereocenters. The Labute approximate surface area is 166 Å². The summed E-state index contributed by atoms with van der Waals surface area (Å²) in [6.45, 7) is 10.4. The summed E-state index contributed by atoms with van der Waals surface area (Å²) in [5.74, 6) is -0.800. The van der Waals surface area contributed by atoms with Crippen LogP contribution in [0, 0.1) is 17.8 Å². The molecule has 0 bridgehead atoms. The SMILES string of the molecule is CCC(CC)CC(CCCCCC(C)C(=O)O)=C(CC(CC)CC)C(=O)O. The molecule has 0 saturated carbocycles. The maximum absolute atomic E-state index is 12.0. The van der Waals surface area contributed by atoms with E-state index >= 15 is 0 Å². The Hall–Kier alpha value is -1.32. The molecule has 0 aromatic rings. The standard InChI is InChI=1S/C23H42O4/c1-6-18(7-2)15-20(14-12-10-11-13-17(5)22(24)25)21(23(26)27)16-19(8-3)9-4/h17-19H,6-16H2,1-5H3,(H,24,25)(H,26,27). The van der Waals surface area contributed by atoms with Crippen molar-refractivity contribution in [3.8, 4) is 0 Å². The Morgan fingerprint density at radius 2 is 1.30 bits per heavy atom. The zero-order valence-corrected chi connectivity index (χ0v) is 18.2. The lowest BCUT2D eigenvalue weighted by molar-refractivity contribution is -0.141. The molecule has 0 radical (unpaired) electrons. The highest BCUT2D eigenvalue weighted by atomic mass is 16.4. The van der Waals surface area contributed by atoms with Gasteiger partial charge in [-0.05, 0) is 43.9 Å². The lowest BCUT2D eigenvalue weighted by Crippen LogP contribution is -2.12. The molecule has 1 unspecified atom stereocenters. The van der Waals surface area contributed by atoms with Gasteiger partial charge in [0, 0.05) is 5.57 Å². The number of hydrogen-bond acceptors (Lipinski definition) is 2. The normalized spacial score (nSPS) is 13.7. The summed E-state index contributed by atoms with van der Waals surface area (Å²) in [5, 5.41) is 18.8. The minimum Gasteiger partial charge on any atom is -0.481 e. The fraction of sp³-hybridized carbons (Fsp3) is 0.826. The maximum Gasteiger partial charge on any atom is 0.331 e. The zero-order chi connectivity index (χ0) is 20.8. The average molecular weight is 383 g/mol. The number of unbranched alkanes of at least 4 members (excludes halogenated alkanes) is 2. The largest absolute Gasteiger partial charge is 0.481 e. The maximum atomic E-state index is 12.0. The third-order valence-electron chi connectivity index (χ3n) is 6.06. The molecule has 0 heterocycles. The van der Waals surface area contributed by atoms with Crippen molar-refractivity contribution < 1.29 is 19.8 Å². The van der Waals surface area contributed by atoms with Gasteiger partial charge in [0.25, 0.3) is 0 Å². The molecule has 0 rings (SSSR count). The van der Waals surface area contributed by atoms with Gasteiger partial charge in [-0.15, -0.1) is 0 Å². The van der Waals surface area contributed by atoms with E-state index in [0.29, 0.717) is 30.3 Å². The van der Waals surface area contributed by atoms with Crippen molar-refractivity contribution >= 4 is 11.9 Å². The smallest absolute Gasteiger partial charge is 0.331 e. The molecule has 0 amide bonds. The van der Waals surface area contributed by atoms with Crippen LogP contribution < -0.4 is 0 Å². The lowest BCUT2D eigenvalue weighted by Gasteiger charge is -2.21. The number of carbonyl (C=O) groups is 2. The van der Waals surface area contributed by atoms with E-state index in [-0.39, 0.29) is 5.92 Å². The van der Waals surface area contributed by atoms with Gasteiger partial charge in [-0.1, -0.05) is 78.7 Å². The first-order chi connectivity index (χ1) is 12.8. The molecule has 4 nitrogen and oxygen atoms in total. The average Bonchev–Trinajstić information content (AvgIpc) is 2.64. The summed E-state index contributed by atoms with van der Waals surface area (Å²) in [4.78, 5) is 22.9. The van der Waals surface area contributed by atoms with Crippen molar-refractivity contribution in [1.29, 1.82) is 0 Å². The van der Waals surface area contributed by atoms with Crippen LogP contribution in [0.1, 0.15) is 105 Å². The zero-order valence-electron chi connectivity index (χ0n) is 18.2. The topological polar surface area (TPSA) is 74.6 Å². The van der Waals surface area contributed by atoms with Crippen molar-refractivity contribution in [2.75, 3.05) is 0 Å². The monoisotopic (exact) mass is 382 g/mol. The summed E-state index contributed by atoms with van der Waals surface area (Å²) in [6.07, 6.45) is 10.1. The number of rotatable bonds is 16. The van der Waals surface area contributed by atoms with E-state index in [4.69, 9.17) is 5.11 Å². The van der Waals surface area contributed by atoms with Gasteiger partial charge in [0.15, 0.2) is 0 Å². The molecule has 158 valence electrons. The van der Waals surface area contributed by atoms with Crippen LogP contribution in [0.4, 0.5) is 0 Å². The first kappa shape index (κ1) is 25.7. The fourth-order valence-electron chi connectivity index (χ4n) is 3.64. The van der Waals surface area contributed by atoms with Gasteiger partial charge in [0.1, 0.15) is 0 Å². The van der Waals surface area contributed by atoms with Gasteiger partial charge >= 0.3 is 11.9 Å². The van der Waals surface area contributed by atoms with Crippen LogP contribution in [0.5, 0.6) is 0 Å². The lowest BCUT2D eigenvalue weighted by atomic mass is 9.85. The molecule has 0 aromatic carbocycles. The third-order valence-corrected chi connectivity index (χ3v) is 6.06. The van der Waals surface area contributed by atoms with Crippen molar-refractivity contribution in [3.05, 3.63) is 11.1 Å². The second kappa shape index (κ2) is 14.7. The highest BCUT2D eigenvalue weighted by molar-refractivity contribution is 5.87. The number of hydrogen-bond donors (Lipinski definition) is 2. The highest BCUT2D eigenvalue weighted by Gasteiger charge is 2.20. The Balaban J connectivity index is 5.10. The number of carboxylic acid groups (broad SMARTS) is 2. The predicted molar refractivity (Wildman–Crippen MR) is 112 cm³/mol. The van der Waals surface area contributed by atoms with E-state index in [1.165, 1.54) is 0 Å². The summed E-state index contributed by atoms with van der Waals surface area (Å²) in [7, 11) is 0. The molecule has 4 heteroatoms. The Kier molecular flexibility index (Phi) is 14.0. The third kappa shape index (κ3) is 10.6. The van der Waals surface area contributed by atoms with Crippen LogP contribution in [0.2, 0.25) is 0 Å². The van der Waals surface area contributed by atoms with E-state index < -0.39 is 11.9 Å². The van der Waals surface area contributed by atoms with E-state index in [0.717, 1.165) is 63.4 Å². The van der Waals surface area contributed by atoms with Gasteiger partial charge < -0.3 is 10.2 Å². The summed E-state index contributed by atoms with van der Waals surface area (Å²) < 4.78 is 0. The minimum absolute atomic E-state index is 0.297. The van der Waals surface area contributed by atoms with Gasteiger partial charge in [-0.3, -0.25) is 4.79 Å². The molecule has 0 spiro atoms. The first-order valence-corrected chi connectivity index (χ1v) is 11.0. The molecule has 0 fully saturated rings. The fourth-order valence-corrected chi connectivity index (χ4v) is 3.64. The Morgan fingerprint density at radius 3 is 1.74 bits per heavy atom. The second-order valence-corrected chi connectivity index (χ2v) is 8.00. The molecular weight excluding hydrogens is 340 g/mol. The Bertz CT molecular complexity index is 459. The van der Waals surface area contributed by atoms with Crippen LogP contribution in [0.25, 0.3) is 0 Å². The molecule has 0 aliphatic carbocycles. The molecule has 0 saturated heterocycles. The van der Waals surface area contributed by atoms with Crippen LogP contribution >= 0.6 is 0 Å². The van der Waals surface area contributed by atoms with Gasteiger partial charge in [0.2, 0.25) is 0 Å². The predicted octanol–water partition coefficient (Wildman–Crippen LogP) is 6.69. The number of aliphatic carboxylic acids is 2. The number of allylic oxidation sites excluding steroid dienone is 1. The second-order valence-electron chi connectivity index (χ2n) is 8.00. The quantitative estimate of drug-likeness (QED) is 0.230. The van der Waals surface area contributed by atoms with E-state index in [9.17, 15) is 14.7 Å². The summed E-state index contributed by atoms with van der Waals surface area (Å²) in [6, 6.07) is 0. The van der Waals surface area contributed by atoms with E-state index in [1.54, 1.807) is 6.92 Å².